The molecular formula is C16H30N2O3. The first-order valence-corrected chi connectivity index (χ1v) is 8.23. The quantitative estimate of drug-likeness (QED) is 0.829. The number of nitrogens with zero attached hydrogens (tertiary/aromatic N) is 1. The van der Waals surface area contributed by atoms with E-state index in [9.17, 15) is 9.90 Å². The molecule has 5 nitrogen and oxygen atoms in total. The molecule has 0 bridgehead atoms. The largest absolute Gasteiger partial charge is 0.480 e. The van der Waals surface area contributed by atoms with E-state index in [0.29, 0.717) is 12.5 Å². The summed E-state index contributed by atoms with van der Waals surface area (Å²) < 4.78 is 5.80. The molecule has 1 saturated carbocycles. The van der Waals surface area contributed by atoms with Gasteiger partial charge < -0.3 is 9.84 Å². The van der Waals surface area contributed by atoms with Gasteiger partial charge in [-0.1, -0.05) is 0 Å². The highest BCUT2D eigenvalue weighted by Crippen LogP contribution is 2.33. The first kappa shape index (κ1) is 16.7. The monoisotopic (exact) mass is 298 g/mol. The number of morpholine rings is 1. The van der Waals surface area contributed by atoms with Gasteiger partial charge in [-0.3, -0.25) is 15.0 Å². The summed E-state index contributed by atoms with van der Waals surface area (Å²) in [4.78, 5) is 14.3. The molecule has 5 heteroatoms. The Bertz CT molecular complexity index is 365. The van der Waals surface area contributed by atoms with Crippen LogP contribution in [0.5, 0.6) is 0 Å². The van der Waals surface area contributed by atoms with E-state index in [2.05, 4.69) is 24.1 Å². The number of aliphatic carboxylic acids is 1. The third-order valence-electron chi connectivity index (χ3n) is 4.66. The molecule has 4 atom stereocenters. The van der Waals surface area contributed by atoms with E-state index in [-0.39, 0.29) is 18.2 Å². The Morgan fingerprint density at radius 2 is 1.95 bits per heavy atom. The van der Waals surface area contributed by atoms with Crippen LogP contribution < -0.4 is 5.32 Å². The molecule has 1 aliphatic heterocycles. The number of carboxylic acids is 1. The van der Waals surface area contributed by atoms with E-state index in [4.69, 9.17) is 4.74 Å². The van der Waals surface area contributed by atoms with Crippen LogP contribution in [0.1, 0.15) is 53.4 Å². The molecule has 1 heterocycles. The Morgan fingerprint density at radius 3 is 2.48 bits per heavy atom. The molecule has 0 radical (unpaired) electrons. The highest BCUT2D eigenvalue weighted by atomic mass is 16.5. The van der Waals surface area contributed by atoms with Gasteiger partial charge in [0.05, 0.1) is 12.2 Å². The number of ether oxygens (including phenoxy) is 1. The van der Waals surface area contributed by atoms with Crippen molar-refractivity contribution in [3.8, 4) is 0 Å². The zero-order chi connectivity index (χ0) is 15.6. The van der Waals surface area contributed by atoms with Crippen molar-refractivity contribution in [2.45, 2.75) is 83.2 Å². The Morgan fingerprint density at radius 1 is 1.33 bits per heavy atom. The van der Waals surface area contributed by atoms with Gasteiger partial charge in [0.15, 0.2) is 0 Å². The van der Waals surface area contributed by atoms with E-state index >= 15 is 0 Å². The molecule has 0 aromatic heterocycles. The minimum atomic E-state index is -0.762. The summed E-state index contributed by atoms with van der Waals surface area (Å²) in [6.45, 7) is 10.1. The van der Waals surface area contributed by atoms with Crippen LogP contribution in [-0.4, -0.2) is 58.9 Å². The first-order chi connectivity index (χ1) is 9.82. The number of hydrogen-bond acceptors (Lipinski definition) is 4. The van der Waals surface area contributed by atoms with Crippen molar-refractivity contribution in [2.75, 3.05) is 13.1 Å². The predicted molar refractivity (Wildman–Crippen MR) is 82.5 cm³/mol. The van der Waals surface area contributed by atoms with E-state index in [1.165, 1.54) is 0 Å². The molecule has 21 heavy (non-hydrogen) atoms. The van der Waals surface area contributed by atoms with Gasteiger partial charge in [0, 0.05) is 25.2 Å². The Hall–Kier alpha value is -0.650. The summed E-state index contributed by atoms with van der Waals surface area (Å²) in [5.74, 6) is -0.699. The summed E-state index contributed by atoms with van der Waals surface area (Å²) in [6, 6.07) is 0.525. The Kier molecular flexibility index (Phi) is 5.28. The molecule has 0 aromatic carbocycles. The molecule has 2 aliphatic rings. The number of carbonyl (C=O) groups is 1. The van der Waals surface area contributed by atoms with Crippen LogP contribution in [0.2, 0.25) is 0 Å². The van der Waals surface area contributed by atoms with Crippen LogP contribution in [0, 0.1) is 0 Å². The van der Waals surface area contributed by atoms with Crippen LogP contribution in [-0.2, 0) is 9.53 Å². The lowest BCUT2D eigenvalue weighted by Gasteiger charge is -2.46. The molecule has 2 rings (SSSR count). The number of hydrogen-bond donors (Lipinski definition) is 2. The summed E-state index contributed by atoms with van der Waals surface area (Å²) in [6.07, 6.45) is 3.94. The van der Waals surface area contributed by atoms with Gasteiger partial charge in [0.2, 0.25) is 0 Å². The van der Waals surface area contributed by atoms with Crippen LogP contribution in [0.25, 0.3) is 0 Å². The maximum atomic E-state index is 11.9. The van der Waals surface area contributed by atoms with Gasteiger partial charge in [-0.05, 0) is 53.4 Å². The highest BCUT2D eigenvalue weighted by Gasteiger charge is 2.45. The molecule has 2 N–H and O–H groups in total. The van der Waals surface area contributed by atoms with Crippen LogP contribution >= 0.6 is 0 Å². The van der Waals surface area contributed by atoms with Crippen LogP contribution in [0.15, 0.2) is 0 Å². The van der Waals surface area contributed by atoms with E-state index in [1.807, 2.05) is 13.8 Å². The summed E-state index contributed by atoms with van der Waals surface area (Å²) >= 11 is 0. The van der Waals surface area contributed by atoms with Gasteiger partial charge in [-0.15, -0.1) is 0 Å². The van der Waals surface area contributed by atoms with Crippen molar-refractivity contribution < 1.29 is 14.6 Å². The van der Waals surface area contributed by atoms with Crippen LogP contribution in [0.3, 0.4) is 0 Å². The molecule has 0 aromatic rings. The van der Waals surface area contributed by atoms with E-state index in [0.717, 1.165) is 32.4 Å². The molecule has 0 amide bonds. The van der Waals surface area contributed by atoms with Crippen molar-refractivity contribution in [1.29, 1.82) is 0 Å². The average molecular weight is 298 g/mol. The lowest BCUT2D eigenvalue weighted by atomic mass is 9.77. The molecule has 1 aliphatic carbocycles. The van der Waals surface area contributed by atoms with Crippen molar-refractivity contribution in [3.63, 3.8) is 0 Å². The smallest absolute Gasteiger partial charge is 0.323 e. The van der Waals surface area contributed by atoms with Crippen molar-refractivity contribution in [3.05, 3.63) is 0 Å². The molecule has 1 saturated heterocycles. The predicted octanol–water partition coefficient (Wildman–Crippen LogP) is 1.86. The molecule has 122 valence electrons. The molecule has 2 fully saturated rings. The molecule has 0 spiro atoms. The highest BCUT2D eigenvalue weighted by molar-refractivity contribution is 5.79. The van der Waals surface area contributed by atoms with Crippen molar-refractivity contribution in [2.24, 2.45) is 0 Å². The number of rotatable bonds is 4. The normalized spacial score (nSPS) is 38.6. The minimum absolute atomic E-state index is 0.183. The standard InChI is InChI=1S/C16H30N2O3/c1-11(2)17-16(15(19)20)7-5-6-14(8-16)18-9-12(3)21-13(4)10-18/h11-14,17H,5-10H2,1-4H3,(H,19,20). The zero-order valence-electron chi connectivity index (χ0n) is 13.8. The van der Waals surface area contributed by atoms with E-state index < -0.39 is 11.5 Å². The fraction of sp³-hybridized carbons (Fsp3) is 0.938. The third-order valence-corrected chi connectivity index (χ3v) is 4.66. The first-order valence-electron chi connectivity index (χ1n) is 8.23. The minimum Gasteiger partial charge on any atom is -0.480 e. The van der Waals surface area contributed by atoms with Gasteiger partial charge in [0.1, 0.15) is 5.54 Å². The lowest BCUT2D eigenvalue weighted by Crippen LogP contribution is -2.61. The fourth-order valence-corrected chi connectivity index (χ4v) is 4.01. The topological polar surface area (TPSA) is 61.8 Å². The van der Waals surface area contributed by atoms with Gasteiger partial charge >= 0.3 is 5.97 Å². The Labute approximate surface area is 128 Å². The van der Waals surface area contributed by atoms with Gasteiger partial charge in [0.25, 0.3) is 0 Å². The van der Waals surface area contributed by atoms with Gasteiger partial charge in [-0.25, -0.2) is 0 Å². The van der Waals surface area contributed by atoms with Crippen molar-refractivity contribution in [1.82, 2.24) is 10.2 Å². The lowest BCUT2D eigenvalue weighted by molar-refractivity contribution is -0.149. The second kappa shape index (κ2) is 6.63. The summed E-state index contributed by atoms with van der Waals surface area (Å²) in [7, 11) is 0. The second-order valence-electron chi connectivity index (χ2n) is 7.15. The Balaban J connectivity index is 2.09. The average Bonchev–Trinajstić information content (AvgIpc) is 2.36. The number of carboxylic acid groups (broad SMARTS) is 1. The maximum absolute atomic E-state index is 11.9. The molecule has 4 unspecified atom stereocenters. The maximum Gasteiger partial charge on any atom is 0.323 e. The molecular weight excluding hydrogens is 268 g/mol. The zero-order valence-corrected chi connectivity index (χ0v) is 13.8. The SMILES string of the molecule is CC(C)NC1(C(=O)O)CCCC(N2CC(C)OC(C)C2)C1. The third kappa shape index (κ3) is 3.96. The van der Waals surface area contributed by atoms with Crippen LogP contribution in [0.4, 0.5) is 0 Å². The number of nitrogens with one attached hydrogen (secondary N) is 1. The summed E-state index contributed by atoms with van der Waals surface area (Å²) in [5, 5.41) is 13.1. The van der Waals surface area contributed by atoms with Crippen molar-refractivity contribution >= 4 is 5.97 Å². The summed E-state index contributed by atoms with van der Waals surface area (Å²) in [5.41, 5.74) is -0.762. The second-order valence-corrected chi connectivity index (χ2v) is 7.15. The fourth-order valence-electron chi connectivity index (χ4n) is 4.01. The van der Waals surface area contributed by atoms with E-state index in [1.54, 1.807) is 0 Å². The van der Waals surface area contributed by atoms with Gasteiger partial charge in [-0.2, -0.15) is 0 Å².